The van der Waals surface area contributed by atoms with E-state index < -0.39 is 8.56 Å². The zero-order valence-electron chi connectivity index (χ0n) is 9.45. The lowest BCUT2D eigenvalue weighted by atomic mass is 10.1. The molecule has 1 aliphatic rings. The molecule has 1 heterocycles. The summed E-state index contributed by atoms with van der Waals surface area (Å²) in [6.07, 6.45) is 2.30. The van der Waals surface area contributed by atoms with Gasteiger partial charge in [-0.05, 0) is 37.9 Å². The molecule has 0 radical (unpaired) electrons. The Labute approximate surface area is 92.5 Å². The summed E-state index contributed by atoms with van der Waals surface area (Å²) in [6.45, 7) is 4.96. The molecule has 2 rings (SSSR count). The van der Waals surface area contributed by atoms with Crippen molar-refractivity contribution < 1.29 is 8.85 Å². The standard InChI is InChI=1S/C12H18O2Si/c1-3-13-15(2)10-6-8-11-7-4-5-9-12(11)14-15/h4-5,7,9H,3,6,8,10H2,1-2H3. The smallest absolute Gasteiger partial charge is 0.395 e. The van der Waals surface area contributed by atoms with Crippen molar-refractivity contribution in [2.75, 3.05) is 6.61 Å². The lowest BCUT2D eigenvalue weighted by Crippen LogP contribution is -2.41. The number of para-hydroxylation sites is 1. The number of rotatable bonds is 2. The third-order valence-electron chi connectivity index (χ3n) is 2.83. The molecule has 1 unspecified atom stereocenters. The van der Waals surface area contributed by atoms with Crippen molar-refractivity contribution in [2.24, 2.45) is 0 Å². The Balaban J connectivity index is 2.24. The van der Waals surface area contributed by atoms with E-state index in [-0.39, 0.29) is 0 Å². The minimum Gasteiger partial charge on any atom is -0.520 e. The van der Waals surface area contributed by atoms with Crippen molar-refractivity contribution in [3.05, 3.63) is 29.8 Å². The van der Waals surface area contributed by atoms with E-state index in [1.54, 1.807) is 0 Å². The van der Waals surface area contributed by atoms with Gasteiger partial charge in [0.1, 0.15) is 5.75 Å². The van der Waals surface area contributed by atoms with Crippen LogP contribution in [0.4, 0.5) is 0 Å². The van der Waals surface area contributed by atoms with Gasteiger partial charge in [-0.3, -0.25) is 0 Å². The van der Waals surface area contributed by atoms with Gasteiger partial charge in [0.05, 0.1) is 0 Å². The molecule has 82 valence electrons. The molecule has 0 bridgehead atoms. The summed E-state index contributed by atoms with van der Waals surface area (Å²) in [5.74, 6) is 1.04. The van der Waals surface area contributed by atoms with E-state index in [1.165, 1.54) is 12.0 Å². The fourth-order valence-electron chi connectivity index (χ4n) is 2.10. The number of benzene rings is 1. The molecule has 1 atom stereocenters. The lowest BCUT2D eigenvalue weighted by Gasteiger charge is -2.25. The molecule has 0 amide bonds. The Morgan fingerprint density at radius 3 is 3.00 bits per heavy atom. The minimum absolute atomic E-state index is 0.755. The van der Waals surface area contributed by atoms with Crippen molar-refractivity contribution in [2.45, 2.75) is 32.4 Å². The van der Waals surface area contributed by atoms with Crippen LogP contribution in [0.25, 0.3) is 0 Å². The van der Waals surface area contributed by atoms with Crippen LogP contribution in [0.3, 0.4) is 0 Å². The molecule has 0 fully saturated rings. The molecule has 0 N–H and O–H groups in total. The van der Waals surface area contributed by atoms with Gasteiger partial charge in [0.15, 0.2) is 0 Å². The zero-order chi connectivity index (χ0) is 10.7. The van der Waals surface area contributed by atoms with Crippen LogP contribution in [0.15, 0.2) is 24.3 Å². The Kier molecular flexibility index (Phi) is 3.12. The Hall–Kier alpha value is -0.803. The van der Waals surface area contributed by atoms with E-state index in [0.29, 0.717) is 0 Å². The average molecular weight is 222 g/mol. The Morgan fingerprint density at radius 1 is 1.40 bits per heavy atom. The molecule has 0 spiro atoms. The predicted octanol–water partition coefficient (Wildman–Crippen LogP) is 3.12. The first-order valence-electron chi connectivity index (χ1n) is 5.64. The average Bonchev–Trinajstić information content (AvgIpc) is 2.36. The van der Waals surface area contributed by atoms with Gasteiger partial charge < -0.3 is 8.85 Å². The summed E-state index contributed by atoms with van der Waals surface area (Å²) in [5.41, 5.74) is 1.33. The molecular weight excluding hydrogens is 204 g/mol. The summed E-state index contributed by atoms with van der Waals surface area (Å²) in [4.78, 5) is 0. The Morgan fingerprint density at radius 2 is 2.20 bits per heavy atom. The van der Waals surface area contributed by atoms with E-state index in [4.69, 9.17) is 8.85 Å². The van der Waals surface area contributed by atoms with E-state index in [0.717, 1.165) is 24.8 Å². The summed E-state index contributed by atoms with van der Waals surface area (Å²) in [7, 11) is -1.94. The first kappa shape index (κ1) is 10.7. The van der Waals surface area contributed by atoms with Crippen LogP contribution < -0.4 is 4.43 Å². The normalized spacial score (nSPS) is 25.2. The summed E-state index contributed by atoms with van der Waals surface area (Å²) < 4.78 is 11.9. The van der Waals surface area contributed by atoms with Gasteiger partial charge in [-0.1, -0.05) is 18.2 Å². The van der Waals surface area contributed by atoms with Gasteiger partial charge in [0, 0.05) is 12.7 Å². The van der Waals surface area contributed by atoms with E-state index in [2.05, 4.69) is 24.7 Å². The van der Waals surface area contributed by atoms with Crippen LogP contribution in [-0.2, 0) is 10.8 Å². The van der Waals surface area contributed by atoms with Crippen LogP contribution in [0.2, 0.25) is 12.6 Å². The van der Waals surface area contributed by atoms with Gasteiger partial charge in [-0.2, -0.15) is 0 Å². The molecule has 1 aliphatic heterocycles. The third-order valence-corrected chi connectivity index (χ3v) is 5.64. The summed E-state index contributed by atoms with van der Waals surface area (Å²) in [5, 5.41) is 0. The highest BCUT2D eigenvalue weighted by Crippen LogP contribution is 2.30. The van der Waals surface area contributed by atoms with Crippen molar-refractivity contribution >= 4 is 8.56 Å². The van der Waals surface area contributed by atoms with Crippen LogP contribution in [-0.4, -0.2) is 15.2 Å². The molecule has 15 heavy (non-hydrogen) atoms. The van der Waals surface area contributed by atoms with E-state index in [9.17, 15) is 0 Å². The highest BCUT2D eigenvalue weighted by atomic mass is 28.4. The van der Waals surface area contributed by atoms with Crippen LogP contribution in [0.5, 0.6) is 5.75 Å². The molecule has 0 aliphatic carbocycles. The van der Waals surface area contributed by atoms with Crippen LogP contribution >= 0.6 is 0 Å². The largest absolute Gasteiger partial charge is 0.520 e. The van der Waals surface area contributed by atoms with Crippen molar-refractivity contribution in [1.82, 2.24) is 0 Å². The molecule has 0 saturated carbocycles. The SMILES string of the molecule is CCO[Si]1(C)CCCc2ccccc2O1. The molecule has 3 heteroatoms. The first-order valence-corrected chi connectivity index (χ1v) is 8.17. The first-order chi connectivity index (χ1) is 7.23. The van der Waals surface area contributed by atoms with Gasteiger partial charge in [-0.25, -0.2) is 0 Å². The second kappa shape index (κ2) is 4.37. The fraction of sp³-hybridized carbons (Fsp3) is 0.500. The van der Waals surface area contributed by atoms with Crippen LogP contribution in [0, 0.1) is 0 Å². The second-order valence-corrected chi connectivity index (χ2v) is 7.39. The number of hydrogen-bond donors (Lipinski definition) is 0. The highest BCUT2D eigenvalue weighted by molar-refractivity contribution is 6.66. The Bertz CT molecular complexity index is 340. The maximum absolute atomic E-state index is 6.10. The van der Waals surface area contributed by atoms with E-state index >= 15 is 0 Å². The molecule has 1 aromatic rings. The number of fused-ring (bicyclic) bond motifs is 1. The number of hydrogen-bond acceptors (Lipinski definition) is 2. The van der Waals surface area contributed by atoms with Gasteiger partial charge in [-0.15, -0.1) is 0 Å². The van der Waals surface area contributed by atoms with E-state index in [1.807, 2.05) is 13.0 Å². The van der Waals surface area contributed by atoms with Gasteiger partial charge in [0.25, 0.3) is 0 Å². The quantitative estimate of drug-likeness (QED) is 0.716. The molecule has 1 aromatic carbocycles. The summed E-state index contributed by atoms with van der Waals surface area (Å²) in [6, 6.07) is 9.42. The van der Waals surface area contributed by atoms with Gasteiger partial charge in [0.2, 0.25) is 0 Å². The molecule has 0 saturated heterocycles. The van der Waals surface area contributed by atoms with Crippen molar-refractivity contribution in [1.29, 1.82) is 0 Å². The number of aryl methyl sites for hydroxylation is 1. The van der Waals surface area contributed by atoms with Crippen molar-refractivity contribution in [3.8, 4) is 5.75 Å². The third kappa shape index (κ3) is 2.41. The molecular formula is C12H18O2Si. The fourth-order valence-corrected chi connectivity index (χ4v) is 4.50. The van der Waals surface area contributed by atoms with Crippen molar-refractivity contribution in [3.63, 3.8) is 0 Å². The monoisotopic (exact) mass is 222 g/mol. The maximum atomic E-state index is 6.10. The minimum atomic E-state index is -1.94. The lowest BCUT2D eigenvalue weighted by molar-refractivity contribution is 0.258. The summed E-state index contributed by atoms with van der Waals surface area (Å²) >= 11 is 0. The molecule has 0 aromatic heterocycles. The zero-order valence-corrected chi connectivity index (χ0v) is 10.5. The highest BCUT2D eigenvalue weighted by Gasteiger charge is 2.35. The van der Waals surface area contributed by atoms with Crippen LogP contribution in [0.1, 0.15) is 18.9 Å². The predicted molar refractivity (Wildman–Crippen MR) is 63.4 cm³/mol. The van der Waals surface area contributed by atoms with Gasteiger partial charge >= 0.3 is 8.56 Å². The topological polar surface area (TPSA) is 18.5 Å². The maximum Gasteiger partial charge on any atom is 0.395 e. The molecule has 2 nitrogen and oxygen atoms in total. The second-order valence-electron chi connectivity index (χ2n) is 4.13.